The Morgan fingerprint density at radius 1 is 1.30 bits per heavy atom. The summed E-state index contributed by atoms with van der Waals surface area (Å²) in [5, 5.41) is 13.2. The zero-order valence-electron chi connectivity index (χ0n) is 10.5. The summed E-state index contributed by atoms with van der Waals surface area (Å²) in [4.78, 5) is 24.4. The van der Waals surface area contributed by atoms with Gasteiger partial charge in [0, 0.05) is 31.1 Å². The van der Waals surface area contributed by atoms with Crippen molar-refractivity contribution in [1.82, 2.24) is 10.3 Å². The van der Waals surface area contributed by atoms with E-state index >= 15 is 0 Å². The van der Waals surface area contributed by atoms with Crippen LogP contribution in [-0.2, 0) is 11.3 Å². The van der Waals surface area contributed by atoms with Crippen LogP contribution in [0.5, 0.6) is 5.75 Å². The summed E-state index contributed by atoms with van der Waals surface area (Å²) in [5.41, 5.74) is 0.947. The van der Waals surface area contributed by atoms with Crippen LogP contribution in [-0.4, -0.2) is 22.4 Å². The molecule has 0 spiro atoms. The molecule has 0 radical (unpaired) electrons. The first-order valence-electron chi connectivity index (χ1n) is 5.91. The lowest BCUT2D eigenvalue weighted by Gasteiger charge is -2.06. The molecule has 20 heavy (non-hydrogen) atoms. The highest BCUT2D eigenvalue weighted by Gasteiger charge is 2.06. The highest BCUT2D eigenvalue weighted by Crippen LogP contribution is 2.16. The number of nitrogens with one attached hydrogen (secondary N) is 2. The van der Waals surface area contributed by atoms with Crippen LogP contribution in [0.4, 0.5) is 5.69 Å². The number of hydrogen-bond acceptors (Lipinski definition) is 4. The molecule has 2 aromatic rings. The van der Waals surface area contributed by atoms with Gasteiger partial charge in [0.2, 0.25) is 0 Å². The third-order valence-electron chi connectivity index (χ3n) is 2.57. The number of carbonyl (C=O) groups is 1. The number of hydrogen-bond donors (Lipinski definition) is 2. The number of non-ortho nitro benzene ring substituents is 1. The maximum atomic E-state index is 11.5. The second-order valence-corrected chi connectivity index (χ2v) is 4.04. The van der Waals surface area contributed by atoms with Gasteiger partial charge < -0.3 is 15.0 Å². The van der Waals surface area contributed by atoms with Crippen LogP contribution in [0.1, 0.15) is 5.56 Å². The highest BCUT2D eigenvalue weighted by molar-refractivity contribution is 5.77. The molecule has 0 atom stereocenters. The number of rotatable bonds is 6. The topological polar surface area (TPSA) is 97.3 Å². The maximum Gasteiger partial charge on any atom is 0.269 e. The minimum atomic E-state index is -0.493. The Labute approximate surface area is 114 Å². The number of nitro groups is 1. The summed E-state index contributed by atoms with van der Waals surface area (Å²) in [6, 6.07) is 7.42. The van der Waals surface area contributed by atoms with E-state index in [1.165, 1.54) is 24.3 Å². The van der Waals surface area contributed by atoms with E-state index in [-0.39, 0.29) is 18.2 Å². The number of nitro benzene ring substituents is 1. The van der Waals surface area contributed by atoms with Crippen molar-refractivity contribution in [2.45, 2.75) is 6.54 Å². The number of amides is 1. The van der Waals surface area contributed by atoms with Gasteiger partial charge in [-0.15, -0.1) is 0 Å². The molecule has 0 fully saturated rings. The third kappa shape index (κ3) is 3.84. The second kappa shape index (κ2) is 6.37. The van der Waals surface area contributed by atoms with Gasteiger partial charge in [0.15, 0.2) is 6.61 Å². The Morgan fingerprint density at radius 3 is 2.65 bits per heavy atom. The number of ether oxygens (including phenoxy) is 1. The molecule has 0 aliphatic heterocycles. The van der Waals surface area contributed by atoms with E-state index < -0.39 is 4.92 Å². The molecule has 104 valence electrons. The molecule has 0 saturated carbocycles. The summed E-state index contributed by atoms with van der Waals surface area (Å²) >= 11 is 0. The molecule has 0 unspecified atom stereocenters. The van der Waals surface area contributed by atoms with Crippen LogP contribution in [0.15, 0.2) is 42.7 Å². The van der Waals surface area contributed by atoms with Crippen LogP contribution in [0.2, 0.25) is 0 Å². The third-order valence-corrected chi connectivity index (χ3v) is 2.57. The first-order valence-corrected chi connectivity index (χ1v) is 5.91. The minimum Gasteiger partial charge on any atom is -0.484 e. The van der Waals surface area contributed by atoms with Gasteiger partial charge in [-0.1, -0.05) is 0 Å². The Bertz CT molecular complexity index is 578. The molecule has 2 rings (SSSR count). The normalized spacial score (nSPS) is 10.0. The smallest absolute Gasteiger partial charge is 0.269 e. The monoisotopic (exact) mass is 275 g/mol. The number of aromatic nitrogens is 1. The van der Waals surface area contributed by atoms with Crippen molar-refractivity contribution in [2.24, 2.45) is 0 Å². The fraction of sp³-hybridized carbons (Fsp3) is 0.154. The largest absolute Gasteiger partial charge is 0.484 e. The van der Waals surface area contributed by atoms with E-state index in [2.05, 4.69) is 10.3 Å². The van der Waals surface area contributed by atoms with Gasteiger partial charge in [0.05, 0.1) is 4.92 Å². The number of H-pyrrole nitrogens is 1. The van der Waals surface area contributed by atoms with Crippen LogP contribution in [0, 0.1) is 10.1 Å². The fourth-order valence-electron chi connectivity index (χ4n) is 1.53. The minimum absolute atomic E-state index is 0.0192. The van der Waals surface area contributed by atoms with Gasteiger partial charge in [0.25, 0.3) is 11.6 Å². The summed E-state index contributed by atoms with van der Waals surface area (Å²) in [5.74, 6) is 0.150. The van der Waals surface area contributed by atoms with Gasteiger partial charge >= 0.3 is 0 Å². The quantitative estimate of drug-likeness (QED) is 0.618. The van der Waals surface area contributed by atoms with Gasteiger partial charge in [-0.2, -0.15) is 0 Å². The number of nitrogens with zero attached hydrogens (tertiary/aromatic N) is 1. The van der Waals surface area contributed by atoms with E-state index in [0.29, 0.717) is 12.3 Å². The van der Waals surface area contributed by atoms with Crippen molar-refractivity contribution in [2.75, 3.05) is 6.61 Å². The molecule has 1 amide bonds. The molecular formula is C13H13N3O4. The van der Waals surface area contributed by atoms with Gasteiger partial charge in [0.1, 0.15) is 5.75 Å². The SMILES string of the molecule is O=C(COc1ccc([N+](=O)[O-])cc1)NCc1cc[nH]c1. The molecule has 0 aliphatic rings. The lowest BCUT2D eigenvalue weighted by atomic mass is 10.3. The average molecular weight is 275 g/mol. The van der Waals surface area contributed by atoms with E-state index in [9.17, 15) is 14.9 Å². The number of carbonyl (C=O) groups excluding carboxylic acids is 1. The van der Waals surface area contributed by atoms with E-state index in [4.69, 9.17) is 4.74 Å². The van der Waals surface area contributed by atoms with Crippen LogP contribution in [0.25, 0.3) is 0 Å². The molecule has 1 aromatic heterocycles. The molecule has 1 aromatic carbocycles. The summed E-state index contributed by atoms with van der Waals surface area (Å²) in [7, 11) is 0. The van der Waals surface area contributed by atoms with Crippen molar-refractivity contribution in [1.29, 1.82) is 0 Å². The molecule has 0 saturated heterocycles. The average Bonchev–Trinajstić information content (AvgIpc) is 2.96. The molecule has 7 heteroatoms. The van der Waals surface area contributed by atoms with Crippen molar-refractivity contribution in [3.63, 3.8) is 0 Å². The van der Waals surface area contributed by atoms with Crippen molar-refractivity contribution in [3.05, 3.63) is 58.4 Å². The first-order chi connectivity index (χ1) is 9.65. The Hall–Kier alpha value is -2.83. The maximum absolute atomic E-state index is 11.5. The Kier molecular flexibility index (Phi) is 4.33. The standard InChI is InChI=1S/C13H13N3O4/c17-13(15-8-10-5-6-14-7-10)9-20-12-3-1-11(2-4-12)16(18)19/h1-7,14H,8-9H2,(H,15,17). The van der Waals surface area contributed by atoms with Crippen molar-refractivity contribution >= 4 is 11.6 Å². The highest BCUT2D eigenvalue weighted by atomic mass is 16.6. The molecule has 2 N–H and O–H groups in total. The van der Waals surface area contributed by atoms with Gasteiger partial charge in [-0.3, -0.25) is 14.9 Å². The van der Waals surface area contributed by atoms with Crippen LogP contribution < -0.4 is 10.1 Å². The fourth-order valence-corrected chi connectivity index (χ4v) is 1.53. The summed E-state index contributed by atoms with van der Waals surface area (Å²) in [6.45, 7) is 0.286. The molecule has 1 heterocycles. The Morgan fingerprint density at radius 2 is 2.05 bits per heavy atom. The molecule has 0 aliphatic carbocycles. The molecular weight excluding hydrogens is 262 g/mol. The van der Waals surface area contributed by atoms with Gasteiger partial charge in [-0.05, 0) is 23.8 Å². The first kappa shape index (κ1) is 13.6. The zero-order valence-corrected chi connectivity index (χ0v) is 10.5. The van der Waals surface area contributed by atoms with E-state index in [1.54, 1.807) is 12.4 Å². The lowest BCUT2D eigenvalue weighted by molar-refractivity contribution is -0.384. The van der Waals surface area contributed by atoms with E-state index in [1.807, 2.05) is 6.07 Å². The summed E-state index contributed by atoms with van der Waals surface area (Å²) in [6.07, 6.45) is 3.56. The second-order valence-electron chi connectivity index (χ2n) is 4.04. The van der Waals surface area contributed by atoms with Crippen LogP contribution in [0.3, 0.4) is 0 Å². The van der Waals surface area contributed by atoms with Gasteiger partial charge in [-0.25, -0.2) is 0 Å². The lowest BCUT2D eigenvalue weighted by Crippen LogP contribution is -2.28. The van der Waals surface area contributed by atoms with Crippen molar-refractivity contribution in [3.8, 4) is 5.75 Å². The Balaban J connectivity index is 1.76. The van der Waals surface area contributed by atoms with Crippen molar-refractivity contribution < 1.29 is 14.5 Å². The zero-order chi connectivity index (χ0) is 14.4. The number of benzene rings is 1. The van der Waals surface area contributed by atoms with Crippen LogP contribution >= 0.6 is 0 Å². The van der Waals surface area contributed by atoms with E-state index in [0.717, 1.165) is 5.56 Å². The summed E-state index contributed by atoms with van der Waals surface area (Å²) < 4.78 is 5.23. The predicted octanol–water partition coefficient (Wildman–Crippen LogP) is 1.62. The molecule has 7 nitrogen and oxygen atoms in total. The predicted molar refractivity (Wildman–Crippen MR) is 71.2 cm³/mol. The number of aromatic amines is 1. The molecule has 0 bridgehead atoms.